The maximum atomic E-state index is 12.1. The van der Waals surface area contributed by atoms with E-state index in [1.54, 1.807) is 4.90 Å². The van der Waals surface area contributed by atoms with Gasteiger partial charge in [-0.15, -0.1) is 0 Å². The van der Waals surface area contributed by atoms with E-state index in [1.165, 1.54) is 0 Å². The Morgan fingerprint density at radius 1 is 1.42 bits per heavy atom. The average molecular weight is 262 g/mol. The van der Waals surface area contributed by atoms with Gasteiger partial charge >= 0.3 is 6.09 Å². The zero-order valence-electron chi connectivity index (χ0n) is 11.6. The molecule has 1 aromatic rings. The number of hydrogen-bond donors (Lipinski definition) is 1. The summed E-state index contributed by atoms with van der Waals surface area (Å²) in [6, 6.07) is 9.73. The van der Waals surface area contributed by atoms with E-state index < -0.39 is 0 Å². The summed E-state index contributed by atoms with van der Waals surface area (Å²) in [6.45, 7) is 5.85. The summed E-state index contributed by atoms with van der Waals surface area (Å²) in [7, 11) is 0. The van der Waals surface area contributed by atoms with Crippen LogP contribution >= 0.6 is 0 Å². The fourth-order valence-electron chi connectivity index (χ4n) is 2.65. The van der Waals surface area contributed by atoms with E-state index in [0.29, 0.717) is 19.7 Å². The first-order chi connectivity index (χ1) is 8.96. The van der Waals surface area contributed by atoms with Crippen LogP contribution < -0.4 is 5.73 Å². The lowest BCUT2D eigenvalue weighted by molar-refractivity contribution is 0.0563. The summed E-state index contributed by atoms with van der Waals surface area (Å²) in [5.41, 5.74) is 7.05. The number of likely N-dealkylation sites (tertiary alicyclic amines) is 1. The first-order valence-corrected chi connectivity index (χ1v) is 6.67. The normalized spacial score (nSPS) is 22.1. The van der Waals surface area contributed by atoms with Gasteiger partial charge in [0.25, 0.3) is 0 Å². The molecule has 1 saturated heterocycles. The number of ether oxygens (including phenoxy) is 1. The predicted molar refractivity (Wildman–Crippen MR) is 74.6 cm³/mol. The Hall–Kier alpha value is -1.55. The van der Waals surface area contributed by atoms with Gasteiger partial charge in [-0.3, -0.25) is 0 Å². The Balaban J connectivity index is 1.89. The van der Waals surface area contributed by atoms with Crippen molar-refractivity contribution in [2.24, 2.45) is 11.1 Å². The second-order valence-electron chi connectivity index (χ2n) is 6.05. The highest BCUT2D eigenvalue weighted by molar-refractivity contribution is 5.68. The van der Waals surface area contributed by atoms with Crippen LogP contribution in [0, 0.1) is 5.41 Å². The average Bonchev–Trinajstić information content (AvgIpc) is 2.34. The van der Waals surface area contributed by atoms with Crippen LogP contribution in [-0.4, -0.2) is 30.1 Å². The van der Waals surface area contributed by atoms with Gasteiger partial charge in [0.05, 0.1) is 0 Å². The molecule has 2 N–H and O–H groups in total. The first kappa shape index (κ1) is 13.9. The van der Waals surface area contributed by atoms with Crippen molar-refractivity contribution in [2.75, 3.05) is 13.1 Å². The van der Waals surface area contributed by atoms with E-state index >= 15 is 0 Å². The zero-order valence-corrected chi connectivity index (χ0v) is 11.6. The third kappa shape index (κ3) is 3.96. The van der Waals surface area contributed by atoms with Gasteiger partial charge in [-0.05, 0) is 17.4 Å². The highest BCUT2D eigenvalue weighted by Gasteiger charge is 2.33. The Labute approximate surface area is 114 Å². The lowest BCUT2D eigenvalue weighted by atomic mass is 9.82. The molecule has 2 rings (SSSR count). The van der Waals surface area contributed by atoms with E-state index in [9.17, 15) is 4.79 Å². The molecule has 0 aliphatic carbocycles. The number of nitrogens with zero attached hydrogens (tertiary/aromatic N) is 1. The Morgan fingerprint density at radius 2 is 2.11 bits per heavy atom. The minimum Gasteiger partial charge on any atom is -0.445 e. The fourth-order valence-corrected chi connectivity index (χ4v) is 2.65. The van der Waals surface area contributed by atoms with Crippen molar-refractivity contribution < 1.29 is 9.53 Å². The quantitative estimate of drug-likeness (QED) is 0.890. The van der Waals surface area contributed by atoms with Crippen LogP contribution in [0.4, 0.5) is 4.79 Å². The van der Waals surface area contributed by atoms with E-state index in [-0.39, 0.29) is 17.6 Å². The molecule has 104 valence electrons. The summed E-state index contributed by atoms with van der Waals surface area (Å²) < 4.78 is 5.34. The molecule has 1 heterocycles. The minimum absolute atomic E-state index is 0.0352. The third-order valence-corrected chi connectivity index (χ3v) is 3.35. The first-order valence-electron chi connectivity index (χ1n) is 6.67. The highest BCUT2D eigenvalue weighted by Crippen LogP contribution is 2.28. The second kappa shape index (κ2) is 5.61. The number of piperidine rings is 1. The van der Waals surface area contributed by atoms with Crippen LogP contribution in [0.1, 0.15) is 25.8 Å². The Kier molecular flexibility index (Phi) is 4.10. The van der Waals surface area contributed by atoms with Crippen LogP contribution in [0.5, 0.6) is 0 Å². The summed E-state index contributed by atoms with van der Waals surface area (Å²) >= 11 is 0. The molecule has 0 unspecified atom stereocenters. The minimum atomic E-state index is -0.271. The molecule has 0 saturated carbocycles. The molecule has 1 aliphatic heterocycles. The lowest BCUT2D eigenvalue weighted by Gasteiger charge is -2.40. The van der Waals surface area contributed by atoms with Crippen molar-refractivity contribution in [3.63, 3.8) is 0 Å². The Bertz CT molecular complexity index is 431. The number of carbonyl (C=O) groups is 1. The van der Waals surface area contributed by atoms with E-state index in [1.807, 2.05) is 30.3 Å². The van der Waals surface area contributed by atoms with Gasteiger partial charge in [-0.2, -0.15) is 0 Å². The molecule has 1 amide bonds. The molecular formula is C15H22N2O2. The number of rotatable bonds is 2. The van der Waals surface area contributed by atoms with Crippen LogP contribution in [-0.2, 0) is 11.3 Å². The third-order valence-electron chi connectivity index (χ3n) is 3.35. The highest BCUT2D eigenvalue weighted by atomic mass is 16.6. The molecule has 1 aliphatic rings. The van der Waals surface area contributed by atoms with Gasteiger partial charge in [0.1, 0.15) is 6.61 Å². The molecular weight excluding hydrogens is 240 g/mol. The van der Waals surface area contributed by atoms with Crippen molar-refractivity contribution in [2.45, 2.75) is 32.9 Å². The number of nitrogens with two attached hydrogens (primary N) is 1. The molecule has 4 nitrogen and oxygen atoms in total. The van der Waals surface area contributed by atoms with Crippen molar-refractivity contribution in [1.29, 1.82) is 0 Å². The summed E-state index contributed by atoms with van der Waals surface area (Å²) in [4.78, 5) is 13.8. The molecule has 19 heavy (non-hydrogen) atoms. The SMILES string of the molecule is CC1(C)C[C@@H](N)CN(C(=O)OCc2ccccc2)C1. The van der Waals surface area contributed by atoms with Gasteiger partial charge in [-0.1, -0.05) is 44.2 Å². The number of benzene rings is 1. The largest absolute Gasteiger partial charge is 0.445 e. The monoisotopic (exact) mass is 262 g/mol. The maximum absolute atomic E-state index is 12.1. The van der Waals surface area contributed by atoms with Gasteiger partial charge in [-0.25, -0.2) is 4.79 Å². The molecule has 4 heteroatoms. The topological polar surface area (TPSA) is 55.6 Å². The fraction of sp³-hybridized carbons (Fsp3) is 0.533. The number of amides is 1. The van der Waals surface area contributed by atoms with E-state index in [2.05, 4.69) is 13.8 Å². The summed E-state index contributed by atoms with van der Waals surface area (Å²) in [5, 5.41) is 0. The molecule has 0 aromatic heterocycles. The summed E-state index contributed by atoms with van der Waals surface area (Å²) in [6.07, 6.45) is 0.669. The van der Waals surface area contributed by atoms with Crippen molar-refractivity contribution >= 4 is 6.09 Å². The molecule has 1 atom stereocenters. The predicted octanol–water partition coefficient (Wildman–Crippen LogP) is 2.38. The van der Waals surface area contributed by atoms with Crippen LogP contribution in [0.25, 0.3) is 0 Å². The van der Waals surface area contributed by atoms with Crippen LogP contribution in [0.2, 0.25) is 0 Å². The van der Waals surface area contributed by atoms with Gasteiger partial charge in [0.2, 0.25) is 0 Å². The smallest absolute Gasteiger partial charge is 0.410 e. The van der Waals surface area contributed by atoms with Crippen LogP contribution in [0.15, 0.2) is 30.3 Å². The lowest BCUT2D eigenvalue weighted by Crippen LogP contribution is -2.52. The number of hydrogen-bond acceptors (Lipinski definition) is 3. The zero-order chi connectivity index (χ0) is 13.9. The standard InChI is InChI=1S/C15H22N2O2/c1-15(2)8-13(16)9-17(11-15)14(18)19-10-12-6-4-3-5-7-12/h3-7,13H,8-11,16H2,1-2H3/t13-/m1/s1. The van der Waals surface area contributed by atoms with Crippen molar-refractivity contribution in [3.8, 4) is 0 Å². The summed E-state index contributed by atoms with van der Waals surface area (Å²) in [5.74, 6) is 0. The molecule has 0 spiro atoms. The van der Waals surface area contributed by atoms with E-state index in [0.717, 1.165) is 12.0 Å². The van der Waals surface area contributed by atoms with Crippen molar-refractivity contribution in [3.05, 3.63) is 35.9 Å². The van der Waals surface area contributed by atoms with Crippen LogP contribution in [0.3, 0.4) is 0 Å². The maximum Gasteiger partial charge on any atom is 0.410 e. The molecule has 1 aromatic carbocycles. The van der Waals surface area contributed by atoms with Crippen molar-refractivity contribution in [1.82, 2.24) is 4.90 Å². The number of carbonyl (C=O) groups excluding carboxylic acids is 1. The van der Waals surface area contributed by atoms with Gasteiger partial charge < -0.3 is 15.4 Å². The molecule has 0 bridgehead atoms. The van der Waals surface area contributed by atoms with E-state index in [4.69, 9.17) is 10.5 Å². The second-order valence-corrected chi connectivity index (χ2v) is 6.05. The Morgan fingerprint density at radius 3 is 2.74 bits per heavy atom. The molecule has 0 radical (unpaired) electrons. The molecule has 1 fully saturated rings. The van der Waals surface area contributed by atoms with Gasteiger partial charge in [0, 0.05) is 19.1 Å². The van der Waals surface area contributed by atoms with Gasteiger partial charge in [0.15, 0.2) is 0 Å².